The van der Waals surface area contributed by atoms with Crippen molar-refractivity contribution in [3.05, 3.63) is 139 Å². The van der Waals surface area contributed by atoms with E-state index in [1.54, 1.807) is 0 Å². The summed E-state index contributed by atoms with van der Waals surface area (Å²) in [5.74, 6) is 1.99. The Hall–Kier alpha value is -4.89. The zero-order chi connectivity index (χ0) is 33.0. The highest BCUT2D eigenvalue weighted by atomic mass is 15.0. The number of hydrogen-bond donors (Lipinski definition) is 0. The summed E-state index contributed by atoms with van der Waals surface area (Å²) in [6, 6.07) is 45.2. The fourth-order valence-electron chi connectivity index (χ4n) is 6.18. The fourth-order valence-corrected chi connectivity index (χ4v) is 6.18. The monoisotopic (exact) mass is 615 g/mol. The second-order valence-corrected chi connectivity index (χ2v) is 13.9. The topological polar surface area (TPSA) is 38.7 Å². The summed E-state index contributed by atoms with van der Waals surface area (Å²) in [5.41, 5.74) is 10.7. The third-order valence-corrected chi connectivity index (χ3v) is 9.71. The maximum atomic E-state index is 4.99. The minimum atomic E-state index is 0.173. The highest BCUT2D eigenvalue weighted by molar-refractivity contribution is 5.72. The molecule has 0 radical (unpaired) electrons. The summed E-state index contributed by atoms with van der Waals surface area (Å²) >= 11 is 0. The molecule has 3 heteroatoms. The second-order valence-electron chi connectivity index (χ2n) is 13.9. The van der Waals surface area contributed by atoms with Gasteiger partial charge in [0.1, 0.15) is 0 Å². The molecule has 236 valence electrons. The van der Waals surface area contributed by atoms with Crippen LogP contribution in [0.4, 0.5) is 0 Å². The number of benzene rings is 5. The van der Waals surface area contributed by atoms with Gasteiger partial charge in [0, 0.05) is 16.7 Å². The van der Waals surface area contributed by atoms with Crippen molar-refractivity contribution in [2.45, 2.75) is 71.6 Å². The van der Waals surface area contributed by atoms with Crippen LogP contribution in [0.5, 0.6) is 0 Å². The molecule has 0 atom stereocenters. The molecule has 47 heavy (non-hydrogen) atoms. The Morgan fingerprint density at radius 3 is 1.06 bits per heavy atom. The van der Waals surface area contributed by atoms with Crippen LogP contribution >= 0.6 is 0 Å². The Bertz CT molecular complexity index is 1920. The molecule has 0 N–H and O–H groups in total. The van der Waals surface area contributed by atoms with Crippen LogP contribution in [0.1, 0.15) is 71.9 Å². The van der Waals surface area contributed by atoms with Crippen LogP contribution in [0.25, 0.3) is 56.4 Å². The first-order valence-electron chi connectivity index (χ1n) is 16.9. The van der Waals surface area contributed by atoms with E-state index in [1.165, 1.54) is 46.2 Å². The Labute approximate surface area is 280 Å². The number of aromatic nitrogens is 3. The zero-order valence-corrected chi connectivity index (χ0v) is 28.6. The first kappa shape index (κ1) is 32.1. The van der Waals surface area contributed by atoms with Crippen LogP contribution in [0.3, 0.4) is 0 Å². The summed E-state index contributed by atoms with van der Waals surface area (Å²) in [7, 11) is 0. The maximum absolute atomic E-state index is 4.99. The van der Waals surface area contributed by atoms with Gasteiger partial charge in [0.25, 0.3) is 0 Å². The smallest absolute Gasteiger partial charge is 0.164 e. The summed E-state index contributed by atoms with van der Waals surface area (Å²) in [6.45, 7) is 13.7. The SMILES string of the molecule is CCCC(C)(C)c1ccc(-c2ccc(-c3nc(-c4ccccc4)nc(-c4ccc(-c5ccc(C(C)(C)CC)cc5)cc4)n3)cc2)cc1. The van der Waals surface area contributed by atoms with Crippen molar-refractivity contribution in [3.8, 4) is 56.4 Å². The molecule has 0 fully saturated rings. The molecular weight excluding hydrogens is 571 g/mol. The Morgan fingerprint density at radius 2 is 0.702 bits per heavy atom. The Kier molecular flexibility index (Phi) is 9.18. The molecule has 6 rings (SSSR count). The van der Waals surface area contributed by atoms with E-state index in [0.29, 0.717) is 17.5 Å². The van der Waals surface area contributed by atoms with E-state index >= 15 is 0 Å². The van der Waals surface area contributed by atoms with Crippen LogP contribution in [-0.4, -0.2) is 15.0 Å². The average Bonchev–Trinajstić information content (AvgIpc) is 3.12. The largest absolute Gasteiger partial charge is 0.208 e. The van der Waals surface area contributed by atoms with Crippen LogP contribution in [0, 0.1) is 0 Å². The van der Waals surface area contributed by atoms with Gasteiger partial charge in [-0.05, 0) is 57.1 Å². The first-order valence-corrected chi connectivity index (χ1v) is 16.9. The van der Waals surface area contributed by atoms with Gasteiger partial charge in [0.05, 0.1) is 0 Å². The number of nitrogens with zero attached hydrogens (tertiary/aromatic N) is 3. The van der Waals surface area contributed by atoms with Gasteiger partial charge in [-0.15, -0.1) is 0 Å². The molecule has 6 aromatic rings. The second kappa shape index (κ2) is 13.5. The highest BCUT2D eigenvalue weighted by Gasteiger charge is 2.20. The number of rotatable bonds is 10. The van der Waals surface area contributed by atoms with Crippen molar-refractivity contribution in [2.24, 2.45) is 0 Å². The zero-order valence-electron chi connectivity index (χ0n) is 28.6. The van der Waals surface area contributed by atoms with Gasteiger partial charge in [0.15, 0.2) is 17.5 Å². The molecular formula is C44H45N3. The molecule has 0 saturated carbocycles. The molecule has 0 aliphatic carbocycles. The van der Waals surface area contributed by atoms with E-state index in [4.69, 9.17) is 15.0 Å². The van der Waals surface area contributed by atoms with Gasteiger partial charge in [0.2, 0.25) is 0 Å². The van der Waals surface area contributed by atoms with Crippen LogP contribution in [0.2, 0.25) is 0 Å². The highest BCUT2D eigenvalue weighted by Crippen LogP contribution is 2.33. The predicted octanol–water partition coefficient (Wildman–Crippen LogP) is 12.0. The minimum Gasteiger partial charge on any atom is -0.208 e. The first-order chi connectivity index (χ1) is 22.7. The molecule has 5 aromatic carbocycles. The summed E-state index contributed by atoms with van der Waals surface area (Å²) in [5, 5.41) is 0. The van der Waals surface area contributed by atoms with Crippen LogP contribution in [-0.2, 0) is 10.8 Å². The van der Waals surface area contributed by atoms with Gasteiger partial charge in [-0.2, -0.15) is 0 Å². The van der Waals surface area contributed by atoms with E-state index < -0.39 is 0 Å². The van der Waals surface area contributed by atoms with Crippen molar-refractivity contribution < 1.29 is 0 Å². The molecule has 1 heterocycles. The Balaban J connectivity index is 1.30. The number of hydrogen-bond acceptors (Lipinski definition) is 3. The van der Waals surface area contributed by atoms with E-state index in [0.717, 1.165) is 23.1 Å². The Morgan fingerprint density at radius 1 is 0.383 bits per heavy atom. The fraction of sp³-hybridized carbons (Fsp3) is 0.250. The quantitative estimate of drug-likeness (QED) is 0.154. The lowest BCUT2D eigenvalue weighted by molar-refractivity contribution is 0.473. The van der Waals surface area contributed by atoms with Crippen molar-refractivity contribution >= 4 is 0 Å². The van der Waals surface area contributed by atoms with Crippen LogP contribution in [0.15, 0.2) is 127 Å². The molecule has 0 aliphatic heterocycles. The van der Waals surface area contributed by atoms with Gasteiger partial charge in [-0.25, -0.2) is 15.0 Å². The third-order valence-electron chi connectivity index (χ3n) is 9.71. The lowest BCUT2D eigenvalue weighted by atomic mass is 9.80. The summed E-state index contributed by atoms with van der Waals surface area (Å²) in [4.78, 5) is 14.9. The van der Waals surface area contributed by atoms with Crippen molar-refractivity contribution in [3.63, 3.8) is 0 Å². The molecule has 0 aliphatic rings. The third kappa shape index (κ3) is 7.10. The normalized spacial score (nSPS) is 11.9. The van der Waals surface area contributed by atoms with Gasteiger partial charge in [-0.1, -0.05) is 175 Å². The molecule has 0 spiro atoms. The van der Waals surface area contributed by atoms with Crippen molar-refractivity contribution in [2.75, 3.05) is 0 Å². The predicted molar refractivity (Wildman–Crippen MR) is 198 cm³/mol. The summed E-state index contributed by atoms with van der Waals surface area (Å²) in [6.07, 6.45) is 3.46. The summed E-state index contributed by atoms with van der Waals surface area (Å²) < 4.78 is 0. The van der Waals surface area contributed by atoms with Crippen molar-refractivity contribution in [1.29, 1.82) is 0 Å². The van der Waals surface area contributed by atoms with E-state index in [9.17, 15) is 0 Å². The van der Waals surface area contributed by atoms with E-state index in [1.807, 2.05) is 30.3 Å². The molecule has 0 saturated heterocycles. The maximum Gasteiger partial charge on any atom is 0.164 e. The van der Waals surface area contributed by atoms with Gasteiger partial charge >= 0.3 is 0 Å². The minimum absolute atomic E-state index is 0.173. The van der Waals surface area contributed by atoms with Gasteiger partial charge < -0.3 is 0 Å². The molecule has 3 nitrogen and oxygen atoms in total. The lowest BCUT2D eigenvalue weighted by Crippen LogP contribution is -2.16. The average molecular weight is 616 g/mol. The van der Waals surface area contributed by atoms with E-state index in [-0.39, 0.29) is 10.8 Å². The van der Waals surface area contributed by atoms with Crippen LogP contribution < -0.4 is 0 Å². The van der Waals surface area contributed by atoms with E-state index in [2.05, 4.69) is 139 Å². The molecule has 0 bridgehead atoms. The van der Waals surface area contributed by atoms with Crippen molar-refractivity contribution in [1.82, 2.24) is 15.0 Å². The van der Waals surface area contributed by atoms with Gasteiger partial charge in [-0.3, -0.25) is 0 Å². The standard InChI is InChI=1S/C44H45N3/c1-7-30-44(5,6)39-28-24-34(25-29-39)32-16-20-37(21-17-32)42-46-40(35-12-10-9-11-13-35)45-41(47-42)36-18-14-31(15-19-36)33-22-26-38(27-23-33)43(3,4)8-2/h9-29H,7-8,30H2,1-6H3. The molecule has 0 unspecified atom stereocenters. The lowest BCUT2D eigenvalue weighted by Gasteiger charge is -2.25. The molecule has 0 amide bonds. The molecule has 1 aromatic heterocycles.